The Hall–Kier alpha value is -2.42. The molecule has 0 atom stereocenters. The monoisotopic (exact) mass is 491 g/mol. The molecule has 0 unspecified atom stereocenters. The maximum atomic E-state index is 12.8. The van der Waals surface area contributed by atoms with E-state index < -0.39 is 0 Å². The van der Waals surface area contributed by atoms with E-state index >= 15 is 0 Å². The van der Waals surface area contributed by atoms with Gasteiger partial charge in [-0.3, -0.25) is 14.5 Å². The Balaban J connectivity index is 0.00000225. The molecule has 0 bridgehead atoms. The SMILES string of the molecule is CCn1c(CN2C(=O)c3ccccc3C2=O)[n+](CC)c2ccc(OC)cc21.[I-]. The van der Waals surface area contributed by atoms with Gasteiger partial charge in [0, 0.05) is 6.07 Å². The third kappa shape index (κ3) is 2.97. The lowest BCUT2D eigenvalue weighted by atomic mass is 10.1. The van der Waals surface area contributed by atoms with Crippen LogP contribution in [0.25, 0.3) is 11.0 Å². The van der Waals surface area contributed by atoms with Gasteiger partial charge in [0.05, 0.1) is 31.3 Å². The number of ether oxygens (including phenoxy) is 1. The van der Waals surface area contributed by atoms with Gasteiger partial charge in [0.2, 0.25) is 0 Å². The van der Waals surface area contributed by atoms with Crippen LogP contribution < -0.4 is 33.3 Å². The van der Waals surface area contributed by atoms with Gasteiger partial charge in [-0.15, -0.1) is 0 Å². The Labute approximate surface area is 180 Å². The van der Waals surface area contributed by atoms with Crippen molar-refractivity contribution < 1.29 is 42.9 Å². The Bertz CT molecular complexity index is 1040. The average molecular weight is 491 g/mol. The van der Waals surface area contributed by atoms with Crippen LogP contribution in [0.3, 0.4) is 0 Å². The van der Waals surface area contributed by atoms with Crippen LogP contribution >= 0.6 is 0 Å². The van der Waals surface area contributed by atoms with Gasteiger partial charge in [0.15, 0.2) is 11.0 Å². The van der Waals surface area contributed by atoms with Crippen molar-refractivity contribution in [3.8, 4) is 5.75 Å². The fourth-order valence-electron chi connectivity index (χ4n) is 3.90. The lowest BCUT2D eigenvalue weighted by molar-refractivity contribution is -0.677. The zero-order valence-electron chi connectivity index (χ0n) is 16.1. The van der Waals surface area contributed by atoms with Crippen molar-refractivity contribution in [2.24, 2.45) is 0 Å². The number of rotatable bonds is 5. The molecule has 1 aliphatic heterocycles. The highest BCUT2D eigenvalue weighted by molar-refractivity contribution is 6.21. The summed E-state index contributed by atoms with van der Waals surface area (Å²) < 4.78 is 9.67. The number of hydrogen-bond donors (Lipinski definition) is 0. The molecule has 0 fully saturated rings. The van der Waals surface area contributed by atoms with Crippen molar-refractivity contribution in [3.63, 3.8) is 0 Å². The summed E-state index contributed by atoms with van der Waals surface area (Å²) in [5.41, 5.74) is 3.05. The molecule has 0 N–H and O–H groups in total. The molecule has 146 valence electrons. The zero-order chi connectivity index (χ0) is 19.1. The van der Waals surface area contributed by atoms with Gasteiger partial charge < -0.3 is 28.7 Å². The molecule has 28 heavy (non-hydrogen) atoms. The van der Waals surface area contributed by atoms with Gasteiger partial charge >= 0.3 is 0 Å². The van der Waals surface area contributed by atoms with Crippen LogP contribution in [0.1, 0.15) is 40.4 Å². The van der Waals surface area contributed by atoms with Crippen LogP contribution in [0.15, 0.2) is 42.5 Å². The second kappa shape index (κ2) is 7.90. The number of aromatic nitrogens is 2. The molecule has 2 amide bonds. The summed E-state index contributed by atoms with van der Waals surface area (Å²) >= 11 is 0. The number of methoxy groups -OCH3 is 1. The molecule has 1 aromatic heterocycles. The number of carbonyl (C=O) groups excluding carboxylic acids is 2. The second-order valence-corrected chi connectivity index (χ2v) is 6.50. The fourth-order valence-corrected chi connectivity index (χ4v) is 3.90. The van der Waals surface area contributed by atoms with Gasteiger partial charge in [-0.25, -0.2) is 9.13 Å². The van der Waals surface area contributed by atoms with Gasteiger partial charge in [-0.1, -0.05) is 12.1 Å². The lowest BCUT2D eigenvalue weighted by Gasteiger charge is -2.12. The lowest BCUT2D eigenvalue weighted by Crippen LogP contribution is -3.00. The number of fused-ring (bicyclic) bond motifs is 2. The number of carbonyl (C=O) groups is 2. The normalized spacial score (nSPS) is 13.0. The van der Waals surface area contributed by atoms with E-state index in [0.717, 1.165) is 35.7 Å². The predicted molar refractivity (Wildman–Crippen MR) is 101 cm³/mol. The van der Waals surface area contributed by atoms with E-state index in [1.165, 1.54) is 4.90 Å². The van der Waals surface area contributed by atoms with Gasteiger partial charge in [-0.05, 0) is 38.1 Å². The van der Waals surface area contributed by atoms with Crippen LogP contribution in [0.4, 0.5) is 0 Å². The van der Waals surface area contributed by atoms with Crippen LogP contribution in [0, 0.1) is 0 Å². The summed E-state index contributed by atoms with van der Waals surface area (Å²) in [6, 6.07) is 12.9. The first kappa shape index (κ1) is 20.3. The van der Waals surface area contributed by atoms with E-state index in [1.807, 2.05) is 18.2 Å². The smallest absolute Gasteiger partial charge is 0.277 e. The van der Waals surface area contributed by atoms with Gasteiger partial charge in [0.1, 0.15) is 12.3 Å². The molecule has 0 saturated carbocycles. The Morgan fingerprint density at radius 3 is 2.18 bits per heavy atom. The third-order valence-corrected chi connectivity index (χ3v) is 5.20. The number of imide groups is 1. The molecule has 3 aromatic rings. The van der Waals surface area contributed by atoms with Gasteiger partial charge in [0.25, 0.3) is 17.6 Å². The molecule has 0 aliphatic carbocycles. The maximum absolute atomic E-state index is 12.8. The van der Waals surface area contributed by atoms with E-state index in [4.69, 9.17) is 4.74 Å². The molecule has 0 saturated heterocycles. The number of aryl methyl sites for hydroxylation is 2. The number of hydrogen-bond acceptors (Lipinski definition) is 3. The summed E-state index contributed by atoms with van der Waals surface area (Å²) in [6.45, 7) is 5.84. The van der Waals surface area contributed by atoms with E-state index in [-0.39, 0.29) is 42.3 Å². The summed E-state index contributed by atoms with van der Waals surface area (Å²) in [5, 5.41) is 0. The summed E-state index contributed by atoms with van der Waals surface area (Å²) in [6.07, 6.45) is 0. The number of benzene rings is 2. The zero-order valence-corrected chi connectivity index (χ0v) is 18.3. The highest BCUT2D eigenvalue weighted by Gasteiger charge is 2.38. The Kier molecular flexibility index (Phi) is 5.74. The molecule has 2 heterocycles. The molecule has 0 spiro atoms. The Morgan fingerprint density at radius 2 is 1.64 bits per heavy atom. The van der Waals surface area contributed by atoms with Crippen LogP contribution in [0.2, 0.25) is 0 Å². The minimum atomic E-state index is -0.233. The first-order chi connectivity index (χ1) is 13.1. The first-order valence-electron chi connectivity index (χ1n) is 9.14. The summed E-state index contributed by atoms with van der Waals surface area (Å²) in [7, 11) is 1.65. The number of halogens is 1. The largest absolute Gasteiger partial charge is 1.00 e. The van der Waals surface area contributed by atoms with Crippen LogP contribution in [-0.4, -0.2) is 28.4 Å². The van der Waals surface area contributed by atoms with E-state index in [1.54, 1.807) is 31.4 Å². The molecule has 2 aromatic carbocycles. The summed E-state index contributed by atoms with van der Waals surface area (Å²) in [5.74, 6) is 1.25. The molecule has 7 heteroatoms. The number of amides is 2. The first-order valence-corrected chi connectivity index (χ1v) is 9.14. The number of imidazole rings is 1. The molecule has 6 nitrogen and oxygen atoms in total. The second-order valence-electron chi connectivity index (χ2n) is 6.50. The van der Waals surface area contributed by atoms with E-state index in [0.29, 0.717) is 11.1 Å². The fraction of sp³-hybridized carbons (Fsp3) is 0.286. The van der Waals surface area contributed by atoms with Crippen LogP contribution in [-0.2, 0) is 19.6 Å². The molecule has 1 aliphatic rings. The van der Waals surface area contributed by atoms with Crippen molar-refractivity contribution in [1.29, 1.82) is 0 Å². The van der Waals surface area contributed by atoms with Crippen molar-refractivity contribution in [2.45, 2.75) is 33.5 Å². The van der Waals surface area contributed by atoms with Crippen molar-refractivity contribution >= 4 is 22.8 Å². The van der Waals surface area contributed by atoms with Crippen molar-refractivity contribution in [2.75, 3.05) is 7.11 Å². The quantitative estimate of drug-likeness (QED) is 0.282. The average Bonchev–Trinajstić information content (AvgIpc) is 3.14. The van der Waals surface area contributed by atoms with E-state index in [2.05, 4.69) is 23.0 Å². The highest BCUT2D eigenvalue weighted by Crippen LogP contribution is 2.26. The van der Waals surface area contributed by atoms with E-state index in [9.17, 15) is 9.59 Å². The minimum absolute atomic E-state index is 0. The minimum Gasteiger partial charge on any atom is -1.00 e. The summed E-state index contributed by atoms with van der Waals surface area (Å²) in [4.78, 5) is 26.9. The topological polar surface area (TPSA) is 55.4 Å². The van der Waals surface area contributed by atoms with Crippen molar-refractivity contribution in [3.05, 3.63) is 59.4 Å². The standard InChI is InChI=1S/C21H22N3O3.HI/c1-4-22-17-11-10-14(27-3)12-18(17)23(5-2)19(22)13-24-20(25)15-8-6-7-9-16(15)21(24)26;/h6-12H,4-5,13H2,1-3H3;1H/q+1;/p-1. The molecule has 4 rings (SSSR count). The van der Waals surface area contributed by atoms with Crippen LogP contribution in [0.5, 0.6) is 5.75 Å². The van der Waals surface area contributed by atoms with Gasteiger partial charge in [-0.2, -0.15) is 0 Å². The molecular formula is C21H22IN3O3. The Morgan fingerprint density at radius 1 is 1.00 bits per heavy atom. The molecular weight excluding hydrogens is 469 g/mol. The van der Waals surface area contributed by atoms with Crippen molar-refractivity contribution in [1.82, 2.24) is 9.47 Å². The maximum Gasteiger partial charge on any atom is 0.277 e. The third-order valence-electron chi connectivity index (χ3n) is 5.20. The predicted octanol–water partition coefficient (Wildman–Crippen LogP) is -0.223. The highest BCUT2D eigenvalue weighted by atomic mass is 127. The molecule has 0 radical (unpaired) electrons. The number of nitrogens with zero attached hydrogens (tertiary/aromatic N) is 3.